The van der Waals surface area contributed by atoms with Crippen molar-refractivity contribution in [3.05, 3.63) is 0 Å². The first-order chi connectivity index (χ1) is 5.00. The second-order valence-electron chi connectivity index (χ2n) is 4.99. The van der Waals surface area contributed by atoms with Gasteiger partial charge in [0, 0.05) is 6.04 Å². The Kier molecular flexibility index (Phi) is 4.57. The highest BCUT2D eigenvalue weighted by atomic mass is 35.5. The van der Waals surface area contributed by atoms with Gasteiger partial charge in [0.15, 0.2) is 0 Å². The molecule has 1 rings (SSSR count). The Labute approximate surface area is 82.5 Å². The molecule has 2 unspecified atom stereocenters. The quantitative estimate of drug-likeness (QED) is 0.626. The zero-order valence-electron chi connectivity index (χ0n) is 8.47. The van der Waals surface area contributed by atoms with Gasteiger partial charge in [-0.2, -0.15) is 0 Å². The van der Waals surface area contributed by atoms with Crippen molar-refractivity contribution in [3.63, 3.8) is 0 Å². The van der Waals surface area contributed by atoms with E-state index in [9.17, 15) is 0 Å². The summed E-state index contributed by atoms with van der Waals surface area (Å²) in [5.41, 5.74) is 6.39. The molecule has 0 aromatic carbocycles. The summed E-state index contributed by atoms with van der Waals surface area (Å²) >= 11 is 0. The van der Waals surface area contributed by atoms with Gasteiger partial charge in [-0.3, -0.25) is 0 Å². The molecule has 0 aliphatic heterocycles. The Morgan fingerprint density at radius 3 is 2.08 bits per heavy atom. The maximum Gasteiger partial charge on any atom is 0.00416 e. The molecule has 1 aliphatic rings. The third-order valence-corrected chi connectivity index (χ3v) is 2.94. The number of hydrogen-bond acceptors (Lipinski definition) is 1. The van der Waals surface area contributed by atoms with Crippen LogP contribution in [0.3, 0.4) is 0 Å². The van der Waals surface area contributed by atoms with Gasteiger partial charge in [0.1, 0.15) is 0 Å². The van der Waals surface area contributed by atoms with E-state index >= 15 is 0 Å². The summed E-state index contributed by atoms with van der Waals surface area (Å²) in [5, 5.41) is 0. The number of nitrogens with two attached hydrogens (primary N) is 1. The molecule has 74 valence electrons. The minimum atomic E-state index is 0. The highest BCUT2D eigenvalue weighted by Crippen LogP contribution is 2.36. The van der Waals surface area contributed by atoms with E-state index in [1.54, 1.807) is 0 Å². The summed E-state index contributed by atoms with van der Waals surface area (Å²) in [4.78, 5) is 0. The Hall–Kier alpha value is 0.250. The van der Waals surface area contributed by atoms with Crippen molar-refractivity contribution < 1.29 is 0 Å². The third-order valence-electron chi connectivity index (χ3n) is 2.94. The molecule has 12 heavy (non-hydrogen) atoms. The van der Waals surface area contributed by atoms with E-state index in [2.05, 4.69) is 20.8 Å². The zero-order chi connectivity index (χ0) is 8.48. The fraction of sp³-hybridized carbons (Fsp3) is 1.00. The lowest BCUT2D eigenvalue weighted by atomic mass is 9.71. The Balaban J connectivity index is 0.00000121. The Morgan fingerprint density at radius 2 is 1.75 bits per heavy atom. The SMILES string of the molecule is CC(C)(C)C1CCCC(N)C1.Cl. The van der Waals surface area contributed by atoms with Crippen LogP contribution >= 0.6 is 12.4 Å². The molecule has 0 amide bonds. The van der Waals surface area contributed by atoms with E-state index in [0.717, 1.165) is 5.92 Å². The van der Waals surface area contributed by atoms with Crippen molar-refractivity contribution in [1.29, 1.82) is 0 Å². The molecular weight excluding hydrogens is 170 g/mol. The first-order valence-corrected chi connectivity index (χ1v) is 4.76. The monoisotopic (exact) mass is 191 g/mol. The second kappa shape index (κ2) is 4.48. The maximum atomic E-state index is 5.92. The normalized spacial score (nSPS) is 31.0. The first kappa shape index (κ1) is 12.2. The minimum absolute atomic E-state index is 0. The number of hydrogen-bond donors (Lipinski definition) is 1. The van der Waals surface area contributed by atoms with Crippen LogP contribution in [0, 0.1) is 11.3 Å². The van der Waals surface area contributed by atoms with Crippen molar-refractivity contribution >= 4 is 12.4 Å². The van der Waals surface area contributed by atoms with Crippen LogP contribution < -0.4 is 5.73 Å². The first-order valence-electron chi connectivity index (χ1n) is 4.76. The van der Waals surface area contributed by atoms with E-state index in [0.29, 0.717) is 11.5 Å². The van der Waals surface area contributed by atoms with Crippen LogP contribution in [0.1, 0.15) is 46.5 Å². The molecule has 0 aromatic heterocycles. The summed E-state index contributed by atoms with van der Waals surface area (Å²) in [5.74, 6) is 0.853. The Bertz CT molecular complexity index is 128. The maximum absolute atomic E-state index is 5.92. The van der Waals surface area contributed by atoms with Gasteiger partial charge >= 0.3 is 0 Å². The van der Waals surface area contributed by atoms with Crippen molar-refractivity contribution in [2.24, 2.45) is 17.1 Å². The van der Waals surface area contributed by atoms with Gasteiger partial charge in [0.2, 0.25) is 0 Å². The fourth-order valence-corrected chi connectivity index (χ4v) is 2.01. The molecule has 0 spiro atoms. The van der Waals surface area contributed by atoms with Crippen molar-refractivity contribution in [2.75, 3.05) is 0 Å². The van der Waals surface area contributed by atoms with Gasteiger partial charge < -0.3 is 5.73 Å². The largest absolute Gasteiger partial charge is 0.328 e. The molecule has 0 aromatic rings. The second-order valence-corrected chi connectivity index (χ2v) is 4.99. The van der Waals surface area contributed by atoms with Crippen molar-refractivity contribution in [2.45, 2.75) is 52.5 Å². The molecule has 0 bridgehead atoms. The summed E-state index contributed by atoms with van der Waals surface area (Å²) in [7, 11) is 0. The summed E-state index contributed by atoms with van der Waals surface area (Å²) in [6, 6.07) is 0.480. The number of halogens is 1. The van der Waals surface area contributed by atoms with E-state index in [1.807, 2.05) is 0 Å². The minimum Gasteiger partial charge on any atom is -0.328 e. The molecule has 0 saturated heterocycles. The standard InChI is InChI=1S/C10H21N.ClH/c1-10(2,3)8-5-4-6-9(11)7-8;/h8-9H,4-7,11H2,1-3H3;1H. The van der Waals surface area contributed by atoms with Crippen molar-refractivity contribution in [1.82, 2.24) is 0 Å². The lowest BCUT2D eigenvalue weighted by Gasteiger charge is -2.36. The third kappa shape index (κ3) is 3.32. The van der Waals surface area contributed by atoms with Gasteiger partial charge in [-0.05, 0) is 30.6 Å². The molecular formula is C10H22ClN. The average Bonchev–Trinajstić information content (AvgIpc) is 1.86. The molecule has 1 aliphatic carbocycles. The van der Waals surface area contributed by atoms with Gasteiger partial charge in [-0.25, -0.2) is 0 Å². The molecule has 2 N–H and O–H groups in total. The van der Waals surface area contributed by atoms with Crippen LogP contribution in [0.4, 0.5) is 0 Å². The Morgan fingerprint density at radius 1 is 1.17 bits per heavy atom. The molecule has 2 atom stereocenters. The highest BCUT2D eigenvalue weighted by Gasteiger charge is 2.28. The topological polar surface area (TPSA) is 26.0 Å². The van der Waals surface area contributed by atoms with Gasteiger partial charge in [0.25, 0.3) is 0 Å². The van der Waals surface area contributed by atoms with Crippen LogP contribution in [-0.2, 0) is 0 Å². The lowest BCUT2D eigenvalue weighted by molar-refractivity contribution is 0.166. The van der Waals surface area contributed by atoms with Crippen LogP contribution in [0.5, 0.6) is 0 Å². The fourth-order valence-electron chi connectivity index (χ4n) is 2.01. The predicted molar refractivity (Wildman–Crippen MR) is 56.6 cm³/mol. The molecule has 0 radical (unpaired) electrons. The summed E-state index contributed by atoms with van der Waals surface area (Å²) in [6.07, 6.45) is 5.20. The zero-order valence-corrected chi connectivity index (χ0v) is 9.29. The molecule has 0 heterocycles. The molecule has 1 saturated carbocycles. The van der Waals surface area contributed by atoms with E-state index in [4.69, 9.17) is 5.73 Å². The van der Waals surface area contributed by atoms with E-state index in [-0.39, 0.29) is 12.4 Å². The van der Waals surface area contributed by atoms with Crippen LogP contribution in [0.2, 0.25) is 0 Å². The van der Waals surface area contributed by atoms with Crippen LogP contribution in [0.25, 0.3) is 0 Å². The van der Waals surface area contributed by atoms with Crippen molar-refractivity contribution in [3.8, 4) is 0 Å². The van der Waals surface area contributed by atoms with E-state index < -0.39 is 0 Å². The van der Waals surface area contributed by atoms with Crippen LogP contribution in [0.15, 0.2) is 0 Å². The van der Waals surface area contributed by atoms with Gasteiger partial charge in [-0.1, -0.05) is 27.2 Å². The number of rotatable bonds is 0. The smallest absolute Gasteiger partial charge is 0.00416 e. The molecule has 1 nitrogen and oxygen atoms in total. The summed E-state index contributed by atoms with van der Waals surface area (Å²) < 4.78 is 0. The predicted octanol–water partition coefficient (Wildman–Crippen LogP) is 2.97. The van der Waals surface area contributed by atoms with E-state index in [1.165, 1.54) is 25.7 Å². The van der Waals surface area contributed by atoms with Gasteiger partial charge in [0.05, 0.1) is 0 Å². The van der Waals surface area contributed by atoms with Gasteiger partial charge in [-0.15, -0.1) is 12.4 Å². The molecule has 2 heteroatoms. The highest BCUT2D eigenvalue weighted by molar-refractivity contribution is 5.85. The summed E-state index contributed by atoms with van der Waals surface area (Å²) in [6.45, 7) is 6.99. The average molecular weight is 192 g/mol. The van der Waals surface area contributed by atoms with Crippen LogP contribution in [-0.4, -0.2) is 6.04 Å². The lowest BCUT2D eigenvalue weighted by Crippen LogP contribution is -2.33. The molecule has 1 fully saturated rings.